The Kier molecular flexibility index (Phi) is 4.65. The number of hydrogen-bond donors (Lipinski definition) is 0. The van der Waals surface area contributed by atoms with Crippen LogP contribution in [0.5, 0.6) is 0 Å². The summed E-state index contributed by atoms with van der Waals surface area (Å²) < 4.78 is 0. The largest absolute Gasteiger partial charge is 0.258 e. The average Bonchev–Trinajstić information content (AvgIpc) is 2.65. The second kappa shape index (κ2) is 6.91. The van der Waals surface area contributed by atoms with Crippen LogP contribution in [-0.4, -0.2) is 15.0 Å². The van der Waals surface area contributed by atoms with Crippen molar-refractivity contribution >= 4 is 21.7 Å². The molecule has 4 rings (SSSR count). The fraction of sp³-hybridized carbons (Fsp3) is 0.346. The SMILES string of the molecule is Cc1cc2ccc3c(-c4cccc(C(C)(C)C)c4)nc(C(C)C)nc3c2c(C)n1. The van der Waals surface area contributed by atoms with Gasteiger partial charge in [-0.1, -0.05) is 58.9 Å². The minimum Gasteiger partial charge on any atom is -0.258 e. The number of aromatic nitrogens is 3. The summed E-state index contributed by atoms with van der Waals surface area (Å²) in [5.74, 6) is 1.12. The maximum Gasteiger partial charge on any atom is 0.132 e. The zero-order valence-corrected chi connectivity index (χ0v) is 18.5. The molecule has 148 valence electrons. The van der Waals surface area contributed by atoms with E-state index in [1.54, 1.807) is 0 Å². The molecule has 0 aliphatic carbocycles. The third kappa shape index (κ3) is 3.50. The molecule has 0 unspecified atom stereocenters. The van der Waals surface area contributed by atoms with Gasteiger partial charge in [0.05, 0.1) is 11.2 Å². The van der Waals surface area contributed by atoms with Gasteiger partial charge in [0, 0.05) is 33.6 Å². The summed E-state index contributed by atoms with van der Waals surface area (Å²) in [6, 6.07) is 15.2. The third-order valence-corrected chi connectivity index (χ3v) is 5.51. The minimum absolute atomic E-state index is 0.0878. The zero-order chi connectivity index (χ0) is 20.9. The number of rotatable bonds is 2. The van der Waals surface area contributed by atoms with Gasteiger partial charge in [0.1, 0.15) is 5.82 Å². The summed E-state index contributed by atoms with van der Waals surface area (Å²) in [4.78, 5) is 14.7. The van der Waals surface area contributed by atoms with Gasteiger partial charge < -0.3 is 0 Å². The topological polar surface area (TPSA) is 38.7 Å². The summed E-state index contributed by atoms with van der Waals surface area (Å²) in [7, 11) is 0. The van der Waals surface area contributed by atoms with E-state index in [0.717, 1.165) is 44.8 Å². The molecule has 0 atom stereocenters. The molecule has 4 aromatic rings. The molecule has 2 aromatic heterocycles. The van der Waals surface area contributed by atoms with Crippen LogP contribution in [0.1, 0.15) is 63.3 Å². The van der Waals surface area contributed by atoms with Crippen LogP contribution in [0.2, 0.25) is 0 Å². The fourth-order valence-electron chi connectivity index (χ4n) is 3.92. The van der Waals surface area contributed by atoms with Gasteiger partial charge in [0.15, 0.2) is 0 Å². The van der Waals surface area contributed by atoms with Gasteiger partial charge in [0.25, 0.3) is 0 Å². The molecule has 29 heavy (non-hydrogen) atoms. The summed E-state index contributed by atoms with van der Waals surface area (Å²) in [6.07, 6.45) is 0. The molecule has 0 radical (unpaired) electrons. The molecule has 3 nitrogen and oxygen atoms in total. The predicted octanol–water partition coefficient (Wildman–Crippen LogP) is 6.88. The smallest absolute Gasteiger partial charge is 0.132 e. The van der Waals surface area contributed by atoms with Gasteiger partial charge in [0.2, 0.25) is 0 Å². The normalized spacial score (nSPS) is 12.3. The molecule has 0 amide bonds. The van der Waals surface area contributed by atoms with Crippen molar-refractivity contribution in [2.24, 2.45) is 0 Å². The Labute approximate surface area is 173 Å². The number of nitrogens with zero attached hydrogens (tertiary/aromatic N) is 3. The first-order valence-corrected chi connectivity index (χ1v) is 10.3. The van der Waals surface area contributed by atoms with E-state index in [1.807, 2.05) is 6.92 Å². The Balaban J connectivity index is 2.11. The summed E-state index contributed by atoms with van der Waals surface area (Å²) >= 11 is 0. The fourth-order valence-corrected chi connectivity index (χ4v) is 3.92. The van der Waals surface area contributed by atoms with Crippen molar-refractivity contribution < 1.29 is 0 Å². The Morgan fingerprint density at radius 1 is 0.862 bits per heavy atom. The van der Waals surface area contributed by atoms with Crippen molar-refractivity contribution in [3.63, 3.8) is 0 Å². The molecule has 0 fully saturated rings. The van der Waals surface area contributed by atoms with Crippen molar-refractivity contribution in [2.75, 3.05) is 0 Å². The molecule has 0 bridgehead atoms. The molecule has 3 heteroatoms. The Morgan fingerprint density at radius 2 is 1.62 bits per heavy atom. The van der Waals surface area contributed by atoms with E-state index in [9.17, 15) is 0 Å². The third-order valence-electron chi connectivity index (χ3n) is 5.51. The maximum absolute atomic E-state index is 5.02. The van der Waals surface area contributed by atoms with E-state index in [1.165, 1.54) is 10.9 Å². The lowest BCUT2D eigenvalue weighted by Gasteiger charge is -2.20. The highest BCUT2D eigenvalue weighted by Crippen LogP contribution is 2.35. The van der Waals surface area contributed by atoms with Crippen LogP contribution in [0, 0.1) is 13.8 Å². The van der Waals surface area contributed by atoms with Crippen molar-refractivity contribution in [1.29, 1.82) is 0 Å². The molecule has 0 N–H and O–H groups in total. The van der Waals surface area contributed by atoms with Crippen LogP contribution < -0.4 is 0 Å². The maximum atomic E-state index is 5.02. The molecule has 0 saturated heterocycles. The van der Waals surface area contributed by atoms with E-state index < -0.39 is 0 Å². The quantitative estimate of drug-likeness (QED) is 0.354. The summed E-state index contributed by atoms with van der Waals surface area (Å²) in [6.45, 7) is 15.1. The first-order chi connectivity index (χ1) is 13.6. The first kappa shape index (κ1) is 19.5. The molecule has 0 aliphatic rings. The van der Waals surface area contributed by atoms with Crippen molar-refractivity contribution in [1.82, 2.24) is 15.0 Å². The average molecular weight is 384 g/mol. The van der Waals surface area contributed by atoms with Gasteiger partial charge in [-0.15, -0.1) is 0 Å². The molecular formula is C26H29N3. The minimum atomic E-state index is 0.0878. The van der Waals surface area contributed by atoms with E-state index in [2.05, 4.69) is 84.0 Å². The van der Waals surface area contributed by atoms with Gasteiger partial charge in [-0.05, 0) is 48.4 Å². The van der Waals surface area contributed by atoms with Crippen LogP contribution in [0.15, 0.2) is 42.5 Å². The second-order valence-corrected chi connectivity index (χ2v) is 9.32. The highest BCUT2D eigenvalue weighted by Gasteiger charge is 2.18. The van der Waals surface area contributed by atoms with Gasteiger partial charge in [-0.2, -0.15) is 0 Å². The predicted molar refractivity (Wildman–Crippen MR) is 123 cm³/mol. The standard InChI is InChI=1S/C26H29N3/c1-15(2)25-28-23(19-9-8-10-20(14-19)26(5,6)7)21-12-11-18-13-16(3)27-17(4)22(18)24(21)29-25/h8-15H,1-7H3. The molecule has 2 heterocycles. The van der Waals surface area contributed by atoms with E-state index in [0.29, 0.717) is 0 Å². The lowest BCUT2D eigenvalue weighted by molar-refractivity contribution is 0.590. The molecular weight excluding hydrogens is 354 g/mol. The Morgan fingerprint density at radius 3 is 2.31 bits per heavy atom. The molecule has 0 saturated carbocycles. The number of hydrogen-bond acceptors (Lipinski definition) is 3. The van der Waals surface area contributed by atoms with Crippen molar-refractivity contribution in [2.45, 2.75) is 59.8 Å². The van der Waals surface area contributed by atoms with Crippen LogP contribution >= 0.6 is 0 Å². The molecule has 0 aliphatic heterocycles. The number of aryl methyl sites for hydroxylation is 2. The zero-order valence-electron chi connectivity index (χ0n) is 18.5. The van der Waals surface area contributed by atoms with Crippen molar-refractivity contribution in [3.8, 4) is 11.3 Å². The van der Waals surface area contributed by atoms with Crippen LogP contribution in [0.4, 0.5) is 0 Å². The van der Waals surface area contributed by atoms with Crippen LogP contribution in [0.3, 0.4) is 0 Å². The van der Waals surface area contributed by atoms with Gasteiger partial charge in [-0.3, -0.25) is 4.98 Å². The number of benzene rings is 2. The second-order valence-electron chi connectivity index (χ2n) is 9.32. The summed E-state index contributed by atoms with van der Waals surface area (Å²) in [5, 5.41) is 3.40. The number of pyridine rings is 1. The highest BCUT2D eigenvalue weighted by molar-refractivity contribution is 6.10. The van der Waals surface area contributed by atoms with Crippen LogP contribution in [0.25, 0.3) is 32.9 Å². The van der Waals surface area contributed by atoms with Crippen LogP contribution in [-0.2, 0) is 5.41 Å². The molecule has 2 aromatic carbocycles. The van der Waals surface area contributed by atoms with Gasteiger partial charge in [-0.25, -0.2) is 9.97 Å². The molecule has 0 spiro atoms. The lowest BCUT2D eigenvalue weighted by atomic mass is 9.85. The lowest BCUT2D eigenvalue weighted by Crippen LogP contribution is -2.11. The Bertz CT molecular complexity index is 1230. The highest BCUT2D eigenvalue weighted by atomic mass is 14.9. The first-order valence-electron chi connectivity index (χ1n) is 10.3. The number of fused-ring (bicyclic) bond motifs is 3. The van der Waals surface area contributed by atoms with Gasteiger partial charge >= 0.3 is 0 Å². The van der Waals surface area contributed by atoms with Crippen molar-refractivity contribution in [3.05, 3.63) is 65.2 Å². The Hall–Kier alpha value is -2.81. The van der Waals surface area contributed by atoms with E-state index in [-0.39, 0.29) is 11.3 Å². The van der Waals surface area contributed by atoms with E-state index in [4.69, 9.17) is 15.0 Å². The summed E-state index contributed by atoms with van der Waals surface area (Å²) in [5.41, 5.74) is 6.60. The van der Waals surface area contributed by atoms with E-state index >= 15 is 0 Å². The monoisotopic (exact) mass is 383 g/mol.